The molecule has 0 unspecified atom stereocenters. The molecule has 0 aliphatic carbocycles. The smallest absolute Gasteiger partial charge is 0.193 e. The summed E-state index contributed by atoms with van der Waals surface area (Å²) in [4.78, 5) is 6.92. The zero-order valence-corrected chi connectivity index (χ0v) is 13.9. The predicted octanol–water partition coefficient (Wildman–Crippen LogP) is 2.94. The van der Waals surface area contributed by atoms with E-state index in [0.29, 0.717) is 0 Å². The van der Waals surface area contributed by atoms with Gasteiger partial charge in [0.1, 0.15) is 5.75 Å². The van der Waals surface area contributed by atoms with E-state index in [0.717, 1.165) is 37.8 Å². The third-order valence-corrected chi connectivity index (χ3v) is 3.38. The van der Waals surface area contributed by atoms with Crippen molar-refractivity contribution < 1.29 is 4.74 Å². The molecule has 0 heterocycles. The lowest BCUT2D eigenvalue weighted by atomic mass is 10.1. The molecule has 4 nitrogen and oxygen atoms in total. The molecule has 118 valence electrons. The zero-order chi connectivity index (χ0) is 15.5. The largest absolute Gasteiger partial charge is 0.496 e. The molecular weight excluding hydrogens is 262 g/mol. The fourth-order valence-electron chi connectivity index (χ4n) is 2.16. The Morgan fingerprint density at radius 1 is 1.29 bits per heavy atom. The average Bonchev–Trinajstić information content (AvgIpc) is 2.52. The molecule has 0 aliphatic heterocycles. The first-order valence-corrected chi connectivity index (χ1v) is 7.84. The fourth-order valence-corrected chi connectivity index (χ4v) is 2.16. The molecule has 4 heteroatoms. The zero-order valence-electron chi connectivity index (χ0n) is 13.9. The van der Waals surface area contributed by atoms with Gasteiger partial charge in [-0.25, -0.2) is 0 Å². The van der Waals surface area contributed by atoms with Crippen LogP contribution in [0.15, 0.2) is 29.3 Å². The van der Waals surface area contributed by atoms with E-state index in [9.17, 15) is 0 Å². The maximum absolute atomic E-state index is 5.38. The first-order valence-electron chi connectivity index (χ1n) is 7.84. The number of hydrogen-bond acceptors (Lipinski definition) is 2. The SMILES string of the molecule is CCCCN(C)C(=NCCc1ccccc1OC)NCC. The first-order chi connectivity index (χ1) is 10.2. The number of rotatable bonds is 8. The third-order valence-electron chi connectivity index (χ3n) is 3.38. The van der Waals surface area contributed by atoms with E-state index >= 15 is 0 Å². The molecule has 0 fully saturated rings. The minimum atomic E-state index is 0.763. The molecule has 1 aromatic rings. The second-order valence-corrected chi connectivity index (χ2v) is 5.07. The van der Waals surface area contributed by atoms with Crippen molar-refractivity contribution in [3.8, 4) is 5.75 Å². The topological polar surface area (TPSA) is 36.9 Å². The number of para-hydroxylation sites is 1. The van der Waals surface area contributed by atoms with Crippen LogP contribution >= 0.6 is 0 Å². The monoisotopic (exact) mass is 291 g/mol. The molecule has 0 amide bonds. The van der Waals surface area contributed by atoms with Crippen molar-refractivity contribution >= 4 is 5.96 Å². The maximum atomic E-state index is 5.38. The Kier molecular flexibility index (Phi) is 8.32. The Labute approximate surface area is 129 Å². The lowest BCUT2D eigenvalue weighted by Crippen LogP contribution is -2.39. The van der Waals surface area contributed by atoms with E-state index in [1.165, 1.54) is 18.4 Å². The highest BCUT2D eigenvalue weighted by Crippen LogP contribution is 2.17. The van der Waals surface area contributed by atoms with E-state index in [2.05, 4.69) is 37.2 Å². The van der Waals surface area contributed by atoms with E-state index in [1.54, 1.807) is 7.11 Å². The highest BCUT2D eigenvalue weighted by Gasteiger charge is 2.05. The number of aliphatic imine (C=N–C) groups is 1. The Balaban J connectivity index is 2.61. The molecule has 0 bridgehead atoms. The summed E-state index contributed by atoms with van der Waals surface area (Å²) in [6, 6.07) is 8.13. The highest BCUT2D eigenvalue weighted by molar-refractivity contribution is 5.79. The van der Waals surface area contributed by atoms with Crippen LogP contribution in [-0.2, 0) is 6.42 Å². The first kappa shape index (κ1) is 17.3. The van der Waals surface area contributed by atoms with Gasteiger partial charge in [-0.2, -0.15) is 0 Å². The number of methoxy groups -OCH3 is 1. The Morgan fingerprint density at radius 3 is 2.71 bits per heavy atom. The van der Waals surface area contributed by atoms with Crippen LogP contribution in [-0.4, -0.2) is 44.7 Å². The van der Waals surface area contributed by atoms with Gasteiger partial charge in [-0.3, -0.25) is 4.99 Å². The van der Waals surface area contributed by atoms with Crippen molar-refractivity contribution in [2.75, 3.05) is 33.8 Å². The van der Waals surface area contributed by atoms with Crippen LogP contribution in [0.4, 0.5) is 0 Å². The summed E-state index contributed by atoms with van der Waals surface area (Å²) in [6.45, 7) is 7.00. The quantitative estimate of drug-likeness (QED) is 0.591. The molecule has 0 aliphatic rings. The van der Waals surface area contributed by atoms with Crippen LogP contribution < -0.4 is 10.1 Å². The Bertz CT molecular complexity index is 432. The van der Waals surface area contributed by atoms with Gasteiger partial charge in [-0.05, 0) is 31.4 Å². The van der Waals surface area contributed by atoms with E-state index in [-0.39, 0.29) is 0 Å². The predicted molar refractivity (Wildman–Crippen MR) is 90.2 cm³/mol. The number of ether oxygens (including phenoxy) is 1. The molecule has 0 aromatic heterocycles. The van der Waals surface area contributed by atoms with Crippen LogP contribution in [0.1, 0.15) is 32.3 Å². The van der Waals surface area contributed by atoms with Crippen molar-refractivity contribution in [1.82, 2.24) is 10.2 Å². The fraction of sp³-hybridized carbons (Fsp3) is 0.588. The molecule has 1 rings (SSSR count). The summed E-state index contributed by atoms with van der Waals surface area (Å²) in [5.41, 5.74) is 1.20. The number of nitrogens with zero attached hydrogens (tertiary/aromatic N) is 2. The van der Waals surface area contributed by atoms with Crippen LogP contribution in [0.5, 0.6) is 5.75 Å². The van der Waals surface area contributed by atoms with Gasteiger partial charge in [0.15, 0.2) is 5.96 Å². The van der Waals surface area contributed by atoms with Crippen molar-refractivity contribution in [3.05, 3.63) is 29.8 Å². The van der Waals surface area contributed by atoms with Gasteiger partial charge in [-0.1, -0.05) is 31.5 Å². The summed E-state index contributed by atoms with van der Waals surface area (Å²) in [7, 11) is 3.81. The van der Waals surface area contributed by atoms with Gasteiger partial charge >= 0.3 is 0 Å². The number of benzene rings is 1. The Hall–Kier alpha value is -1.71. The lowest BCUT2D eigenvalue weighted by Gasteiger charge is -2.21. The number of nitrogens with one attached hydrogen (secondary N) is 1. The highest BCUT2D eigenvalue weighted by atomic mass is 16.5. The molecular formula is C17H29N3O. The van der Waals surface area contributed by atoms with Crippen LogP contribution in [0.3, 0.4) is 0 Å². The number of guanidine groups is 1. The Morgan fingerprint density at radius 2 is 2.05 bits per heavy atom. The molecule has 1 aromatic carbocycles. The summed E-state index contributed by atoms with van der Waals surface area (Å²) < 4.78 is 5.38. The second-order valence-electron chi connectivity index (χ2n) is 5.07. The lowest BCUT2D eigenvalue weighted by molar-refractivity contribution is 0.409. The number of unbranched alkanes of at least 4 members (excludes halogenated alkanes) is 1. The normalized spacial score (nSPS) is 11.3. The van der Waals surface area contributed by atoms with Crippen LogP contribution in [0, 0.1) is 0 Å². The van der Waals surface area contributed by atoms with Crippen molar-refractivity contribution in [1.29, 1.82) is 0 Å². The van der Waals surface area contributed by atoms with Gasteiger partial charge < -0.3 is 15.0 Å². The van der Waals surface area contributed by atoms with Crippen molar-refractivity contribution in [2.24, 2.45) is 4.99 Å². The summed E-state index contributed by atoms with van der Waals surface area (Å²) in [6.07, 6.45) is 3.28. The molecule has 0 saturated carbocycles. The maximum Gasteiger partial charge on any atom is 0.193 e. The van der Waals surface area contributed by atoms with Gasteiger partial charge in [0.05, 0.1) is 7.11 Å². The molecule has 0 atom stereocenters. The van der Waals surface area contributed by atoms with E-state index in [4.69, 9.17) is 9.73 Å². The summed E-state index contributed by atoms with van der Waals surface area (Å²) in [5, 5.41) is 3.35. The molecule has 0 radical (unpaired) electrons. The molecule has 0 spiro atoms. The van der Waals surface area contributed by atoms with Crippen molar-refractivity contribution in [2.45, 2.75) is 33.1 Å². The minimum absolute atomic E-state index is 0.763. The summed E-state index contributed by atoms with van der Waals surface area (Å²) >= 11 is 0. The van der Waals surface area contributed by atoms with Crippen LogP contribution in [0.2, 0.25) is 0 Å². The molecule has 21 heavy (non-hydrogen) atoms. The minimum Gasteiger partial charge on any atom is -0.496 e. The van der Waals surface area contributed by atoms with Gasteiger partial charge in [0.25, 0.3) is 0 Å². The van der Waals surface area contributed by atoms with E-state index < -0.39 is 0 Å². The number of hydrogen-bond donors (Lipinski definition) is 1. The van der Waals surface area contributed by atoms with Gasteiger partial charge in [-0.15, -0.1) is 0 Å². The standard InChI is InChI=1S/C17H29N3O/c1-5-7-14-20(3)17(18-6-2)19-13-12-15-10-8-9-11-16(15)21-4/h8-11H,5-7,12-14H2,1-4H3,(H,18,19). The average molecular weight is 291 g/mol. The second kappa shape index (κ2) is 10.1. The molecule has 0 saturated heterocycles. The van der Waals surface area contributed by atoms with E-state index in [1.807, 2.05) is 18.2 Å². The summed E-state index contributed by atoms with van der Waals surface area (Å²) in [5.74, 6) is 1.93. The van der Waals surface area contributed by atoms with Crippen molar-refractivity contribution in [3.63, 3.8) is 0 Å². The van der Waals surface area contributed by atoms with Crippen LogP contribution in [0.25, 0.3) is 0 Å². The van der Waals surface area contributed by atoms with Gasteiger partial charge in [0.2, 0.25) is 0 Å². The molecule has 1 N–H and O–H groups in total. The third kappa shape index (κ3) is 6.06. The van der Waals surface area contributed by atoms with Gasteiger partial charge in [0, 0.05) is 26.7 Å².